The highest BCUT2D eigenvalue weighted by atomic mass is 16.7. The van der Waals surface area contributed by atoms with Crippen molar-refractivity contribution in [2.75, 3.05) is 0 Å². The fourth-order valence-electron chi connectivity index (χ4n) is 1.53. The summed E-state index contributed by atoms with van der Waals surface area (Å²) in [6.45, 7) is 6.05. The summed E-state index contributed by atoms with van der Waals surface area (Å²) in [6.07, 6.45) is 2.59. The van der Waals surface area contributed by atoms with Gasteiger partial charge in [-0.15, -0.1) is 5.06 Å². The zero-order valence-corrected chi connectivity index (χ0v) is 8.04. The van der Waals surface area contributed by atoms with Gasteiger partial charge in [0.2, 0.25) is 0 Å². The van der Waals surface area contributed by atoms with Gasteiger partial charge in [0.25, 0.3) is 0 Å². The van der Waals surface area contributed by atoms with Crippen molar-refractivity contribution in [2.45, 2.75) is 52.1 Å². The minimum atomic E-state index is -0.121. The van der Waals surface area contributed by atoms with Crippen LogP contribution in [0, 0.1) is 0 Å². The Morgan fingerprint density at radius 2 is 1.75 bits per heavy atom. The smallest absolute Gasteiger partial charge is 0.324 e. The lowest BCUT2D eigenvalue weighted by atomic mass is 10.2. The van der Waals surface area contributed by atoms with Crippen molar-refractivity contribution in [1.29, 1.82) is 0 Å². The van der Waals surface area contributed by atoms with E-state index in [0.29, 0.717) is 18.5 Å². The molecule has 1 rings (SSSR count). The van der Waals surface area contributed by atoms with Crippen molar-refractivity contribution in [3.8, 4) is 0 Å². The number of carbonyl (C=O) groups excluding carboxylic acids is 1. The second-order valence-electron chi connectivity index (χ2n) is 3.13. The van der Waals surface area contributed by atoms with Gasteiger partial charge in [0.15, 0.2) is 0 Å². The molecule has 2 unspecified atom stereocenters. The van der Waals surface area contributed by atoms with Crippen molar-refractivity contribution in [3.63, 3.8) is 0 Å². The maximum atomic E-state index is 10.9. The van der Waals surface area contributed by atoms with E-state index in [-0.39, 0.29) is 5.97 Å². The normalized spacial score (nSPS) is 33.1. The number of carbonyl (C=O) groups is 1. The van der Waals surface area contributed by atoms with E-state index in [1.165, 1.54) is 0 Å². The second kappa shape index (κ2) is 3.90. The van der Waals surface area contributed by atoms with Gasteiger partial charge in [0, 0.05) is 6.42 Å². The lowest BCUT2D eigenvalue weighted by molar-refractivity contribution is -0.169. The molecule has 1 saturated heterocycles. The molecule has 0 aromatic heterocycles. The topological polar surface area (TPSA) is 29.3 Å². The van der Waals surface area contributed by atoms with E-state index < -0.39 is 0 Å². The van der Waals surface area contributed by atoms with Gasteiger partial charge in [-0.1, -0.05) is 20.8 Å². The summed E-state index contributed by atoms with van der Waals surface area (Å²) >= 11 is 0. The first-order chi connectivity index (χ1) is 5.74. The Morgan fingerprint density at radius 1 is 1.25 bits per heavy atom. The van der Waals surface area contributed by atoms with Crippen molar-refractivity contribution < 1.29 is 9.63 Å². The third-order valence-corrected chi connectivity index (χ3v) is 2.34. The summed E-state index contributed by atoms with van der Waals surface area (Å²) in [4.78, 5) is 16.0. The summed E-state index contributed by atoms with van der Waals surface area (Å²) < 4.78 is 0. The summed E-state index contributed by atoms with van der Waals surface area (Å²) in [7, 11) is 0. The molecular weight excluding hydrogens is 154 g/mol. The predicted octanol–water partition coefficient (Wildman–Crippen LogP) is 1.73. The van der Waals surface area contributed by atoms with Crippen LogP contribution in [-0.4, -0.2) is 23.1 Å². The molecule has 12 heavy (non-hydrogen) atoms. The molecule has 3 nitrogen and oxygen atoms in total. The van der Waals surface area contributed by atoms with Gasteiger partial charge in [0.05, 0.1) is 12.1 Å². The molecule has 1 heterocycles. The molecule has 70 valence electrons. The van der Waals surface area contributed by atoms with Crippen molar-refractivity contribution >= 4 is 5.97 Å². The molecule has 0 bridgehead atoms. The van der Waals surface area contributed by atoms with E-state index in [1.54, 1.807) is 0 Å². The number of rotatable bonds is 4. The fourth-order valence-corrected chi connectivity index (χ4v) is 1.53. The van der Waals surface area contributed by atoms with Gasteiger partial charge < -0.3 is 4.84 Å². The van der Waals surface area contributed by atoms with E-state index in [4.69, 9.17) is 4.84 Å². The van der Waals surface area contributed by atoms with E-state index >= 15 is 0 Å². The third kappa shape index (κ3) is 1.78. The first-order valence-corrected chi connectivity index (χ1v) is 4.73. The molecule has 0 amide bonds. The Labute approximate surface area is 73.6 Å². The largest absolute Gasteiger partial charge is 0.367 e. The van der Waals surface area contributed by atoms with Gasteiger partial charge in [-0.3, -0.25) is 4.79 Å². The van der Waals surface area contributed by atoms with Crippen LogP contribution in [0.15, 0.2) is 0 Å². The minimum Gasteiger partial charge on any atom is -0.367 e. The Kier molecular flexibility index (Phi) is 3.09. The zero-order chi connectivity index (χ0) is 9.14. The minimum absolute atomic E-state index is 0.121. The van der Waals surface area contributed by atoms with Crippen LogP contribution in [-0.2, 0) is 9.63 Å². The summed E-state index contributed by atoms with van der Waals surface area (Å²) in [6, 6.07) is 0.955. The highest BCUT2D eigenvalue weighted by Gasteiger charge is 2.48. The Balaban J connectivity index is 2.31. The van der Waals surface area contributed by atoms with Crippen molar-refractivity contribution in [3.05, 3.63) is 0 Å². The highest BCUT2D eigenvalue weighted by molar-refractivity contribution is 5.68. The van der Waals surface area contributed by atoms with E-state index in [0.717, 1.165) is 12.8 Å². The van der Waals surface area contributed by atoms with Crippen molar-refractivity contribution in [2.24, 2.45) is 0 Å². The molecular formula is C9H17NO2. The molecule has 3 heteroatoms. The first kappa shape index (κ1) is 9.52. The Morgan fingerprint density at radius 3 is 2.08 bits per heavy atom. The molecule has 1 aliphatic rings. The quantitative estimate of drug-likeness (QED) is 0.603. The monoisotopic (exact) mass is 171 g/mol. The van der Waals surface area contributed by atoms with Crippen LogP contribution in [0.2, 0.25) is 0 Å². The van der Waals surface area contributed by atoms with Gasteiger partial charge in [-0.25, -0.2) is 0 Å². The average molecular weight is 171 g/mol. The first-order valence-electron chi connectivity index (χ1n) is 4.73. The maximum Gasteiger partial charge on any atom is 0.324 e. The van der Waals surface area contributed by atoms with Crippen LogP contribution in [0.4, 0.5) is 0 Å². The summed E-state index contributed by atoms with van der Waals surface area (Å²) in [5.74, 6) is -0.121. The number of hydrogen-bond donors (Lipinski definition) is 0. The van der Waals surface area contributed by atoms with E-state index in [2.05, 4.69) is 13.8 Å². The van der Waals surface area contributed by atoms with Crippen LogP contribution in [0.25, 0.3) is 0 Å². The lowest BCUT2D eigenvalue weighted by Crippen LogP contribution is -2.11. The van der Waals surface area contributed by atoms with E-state index in [9.17, 15) is 4.79 Å². The fraction of sp³-hybridized carbons (Fsp3) is 0.889. The molecule has 0 spiro atoms. The SMILES string of the molecule is CCC(=O)ON1C(CC)C1CC. The molecule has 0 aliphatic carbocycles. The van der Waals surface area contributed by atoms with E-state index in [1.807, 2.05) is 12.0 Å². The standard InChI is InChI=1S/C9H17NO2/c1-4-7-8(5-2)10(7)12-9(11)6-3/h7-8H,4-6H2,1-3H3. The second-order valence-corrected chi connectivity index (χ2v) is 3.13. The van der Waals surface area contributed by atoms with Crippen LogP contribution < -0.4 is 0 Å². The third-order valence-electron chi connectivity index (χ3n) is 2.34. The van der Waals surface area contributed by atoms with Gasteiger partial charge in [-0.2, -0.15) is 0 Å². The summed E-state index contributed by atoms with van der Waals surface area (Å²) in [5.41, 5.74) is 0. The van der Waals surface area contributed by atoms with Crippen molar-refractivity contribution in [1.82, 2.24) is 5.06 Å². The van der Waals surface area contributed by atoms with Crippen LogP contribution in [0.3, 0.4) is 0 Å². The number of hydroxylamine groups is 2. The molecule has 0 N–H and O–H groups in total. The zero-order valence-electron chi connectivity index (χ0n) is 8.04. The predicted molar refractivity (Wildman–Crippen MR) is 46.4 cm³/mol. The lowest BCUT2D eigenvalue weighted by Gasteiger charge is -2.02. The van der Waals surface area contributed by atoms with Gasteiger partial charge in [0.1, 0.15) is 0 Å². The van der Waals surface area contributed by atoms with Crippen LogP contribution in [0.1, 0.15) is 40.0 Å². The molecule has 2 atom stereocenters. The molecule has 0 aromatic rings. The number of hydrogen-bond acceptors (Lipinski definition) is 3. The molecule has 1 aliphatic heterocycles. The molecule has 0 saturated carbocycles. The number of nitrogens with zero attached hydrogens (tertiary/aromatic N) is 1. The maximum absolute atomic E-state index is 10.9. The van der Waals surface area contributed by atoms with Gasteiger partial charge in [-0.05, 0) is 12.8 Å². The Hall–Kier alpha value is -0.570. The highest BCUT2D eigenvalue weighted by Crippen LogP contribution is 2.33. The summed E-state index contributed by atoms with van der Waals surface area (Å²) in [5, 5.41) is 1.83. The Bertz CT molecular complexity index is 160. The van der Waals surface area contributed by atoms with Gasteiger partial charge >= 0.3 is 5.97 Å². The van der Waals surface area contributed by atoms with Crippen LogP contribution >= 0.6 is 0 Å². The molecule has 1 fully saturated rings. The molecule has 0 radical (unpaired) electrons. The average Bonchev–Trinajstić information content (AvgIpc) is 2.77. The van der Waals surface area contributed by atoms with Crippen LogP contribution in [0.5, 0.6) is 0 Å². The molecule has 0 aromatic carbocycles.